The number of aromatic nitrogens is 4. The van der Waals surface area contributed by atoms with E-state index < -0.39 is 17.7 Å². The average molecular weight is 430 g/mol. The van der Waals surface area contributed by atoms with E-state index in [1.54, 1.807) is 20.8 Å². The van der Waals surface area contributed by atoms with Crippen LogP contribution in [0.25, 0.3) is 0 Å². The molecule has 0 aliphatic carbocycles. The molecule has 2 aromatic rings. The third-order valence-electron chi connectivity index (χ3n) is 5.59. The van der Waals surface area contributed by atoms with Gasteiger partial charge in [-0.25, -0.2) is 9.89 Å². The second kappa shape index (κ2) is 9.42. The van der Waals surface area contributed by atoms with Crippen molar-refractivity contribution in [2.24, 2.45) is 0 Å². The molecule has 0 saturated carbocycles. The van der Waals surface area contributed by atoms with Gasteiger partial charge in [-0.1, -0.05) is 6.07 Å². The fourth-order valence-electron chi connectivity index (χ4n) is 3.96. The number of hydrogen-bond acceptors (Lipinski definition) is 6. The molecular formula is C21H31N7O3. The summed E-state index contributed by atoms with van der Waals surface area (Å²) in [6, 6.07) is 5.05. The quantitative estimate of drug-likeness (QED) is 0.640. The smallest absolute Gasteiger partial charge is 0.408 e. The lowest BCUT2D eigenvalue weighted by Gasteiger charge is -2.38. The lowest BCUT2D eigenvalue weighted by Crippen LogP contribution is -2.55. The predicted octanol–water partition coefficient (Wildman–Crippen LogP) is 1.95. The van der Waals surface area contributed by atoms with Gasteiger partial charge in [0.15, 0.2) is 0 Å². The summed E-state index contributed by atoms with van der Waals surface area (Å²) in [5.74, 6) is 0.140. The van der Waals surface area contributed by atoms with Crippen LogP contribution in [0.3, 0.4) is 0 Å². The summed E-state index contributed by atoms with van der Waals surface area (Å²) in [4.78, 5) is 28.8. The second-order valence-electron chi connectivity index (χ2n) is 9.00. The minimum Gasteiger partial charge on any atom is -0.465 e. The fourth-order valence-corrected chi connectivity index (χ4v) is 3.96. The van der Waals surface area contributed by atoms with E-state index in [-0.39, 0.29) is 12.3 Å². The van der Waals surface area contributed by atoms with E-state index in [9.17, 15) is 14.7 Å². The lowest BCUT2D eigenvalue weighted by molar-refractivity contribution is -0.122. The van der Waals surface area contributed by atoms with E-state index in [0.29, 0.717) is 17.9 Å². The number of aromatic amines is 1. The number of rotatable bonds is 6. The Morgan fingerprint density at radius 2 is 1.97 bits per heavy atom. The van der Waals surface area contributed by atoms with Crippen LogP contribution < -0.4 is 5.32 Å². The van der Waals surface area contributed by atoms with Crippen molar-refractivity contribution in [2.45, 2.75) is 58.0 Å². The first kappa shape index (κ1) is 22.7. The molecule has 0 unspecified atom stereocenters. The fraction of sp³-hybridized carbons (Fsp3) is 0.571. The number of aryl methyl sites for hydroxylation is 1. The molecule has 0 bridgehead atoms. The molecule has 3 rings (SSSR count). The maximum atomic E-state index is 13.3. The predicted molar refractivity (Wildman–Crippen MR) is 116 cm³/mol. The maximum Gasteiger partial charge on any atom is 0.408 e. The van der Waals surface area contributed by atoms with Crippen LogP contribution in [-0.2, 0) is 24.1 Å². The molecule has 0 fully saturated rings. The van der Waals surface area contributed by atoms with Gasteiger partial charge < -0.3 is 15.3 Å². The largest absolute Gasteiger partial charge is 0.465 e. The molecule has 1 aliphatic heterocycles. The molecular weight excluding hydrogens is 398 g/mol. The number of nitrogens with one attached hydrogen (secondary N) is 2. The molecule has 2 heterocycles. The number of likely N-dealkylation sites (N-methyl/N-ethyl adjacent to an activating group) is 1. The van der Waals surface area contributed by atoms with Gasteiger partial charge in [-0.15, -0.1) is 5.10 Å². The van der Waals surface area contributed by atoms with Crippen LogP contribution in [0.2, 0.25) is 0 Å². The van der Waals surface area contributed by atoms with Crippen LogP contribution in [0, 0.1) is 0 Å². The Morgan fingerprint density at radius 1 is 1.26 bits per heavy atom. The van der Waals surface area contributed by atoms with Crippen molar-refractivity contribution < 1.29 is 14.7 Å². The van der Waals surface area contributed by atoms with E-state index in [2.05, 4.69) is 44.0 Å². The van der Waals surface area contributed by atoms with Crippen molar-refractivity contribution in [3.05, 3.63) is 35.2 Å². The van der Waals surface area contributed by atoms with Crippen LogP contribution in [-0.4, -0.2) is 79.2 Å². The van der Waals surface area contributed by atoms with Gasteiger partial charge in [-0.05, 0) is 80.8 Å². The summed E-state index contributed by atoms with van der Waals surface area (Å²) in [6.45, 7) is 7.30. The van der Waals surface area contributed by atoms with Crippen LogP contribution >= 0.6 is 0 Å². The molecule has 0 radical (unpaired) electrons. The van der Waals surface area contributed by atoms with Crippen molar-refractivity contribution in [1.82, 2.24) is 30.4 Å². The Morgan fingerprint density at radius 3 is 2.58 bits per heavy atom. The second-order valence-corrected chi connectivity index (χ2v) is 9.00. The highest BCUT2D eigenvalue weighted by atomic mass is 16.4. The van der Waals surface area contributed by atoms with Crippen LogP contribution in [0.4, 0.5) is 10.5 Å². The van der Waals surface area contributed by atoms with Crippen molar-refractivity contribution >= 4 is 17.7 Å². The molecule has 10 nitrogen and oxygen atoms in total. The number of hydrogen-bond donors (Lipinski definition) is 3. The van der Waals surface area contributed by atoms with Crippen LogP contribution in [0.15, 0.2) is 18.2 Å². The SMILES string of the molecule is CN1CCc2ccc(NC(=O)[C@@H](CCc3nnn[nH]3)N(C(=O)O)C(C)(C)C)cc2CC1. The zero-order valence-electron chi connectivity index (χ0n) is 18.6. The molecule has 1 aromatic carbocycles. The Bertz CT molecular complexity index is 908. The number of amides is 2. The molecule has 3 N–H and O–H groups in total. The summed E-state index contributed by atoms with van der Waals surface area (Å²) in [7, 11) is 2.11. The van der Waals surface area contributed by atoms with E-state index in [0.717, 1.165) is 25.9 Å². The highest BCUT2D eigenvalue weighted by Crippen LogP contribution is 2.24. The highest BCUT2D eigenvalue weighted by molar-refractivity contribution is 5.96. The lowest BCUT2D eigenvalue weighted by atomic mass is 9.99. The number of H-pyrrole nitrogens is 1. The average Bonchev–Trinajstić information content (AvgIpc) is 3.13. The third-order valence-corrected chi connectivity index (χ3v) is 5.59. The topological polar surface area (TPSA) is 127 Å². The Kier molecular flexibility index (Phi) is 6.89. The van der Waals surface area contributed by atoms with Gasteiger partial charge >= 0.3 is 6.09 Å². The van der Waals surface area contributed by atoms with Crippen molar-refractivity contribution in [3.8, 4) is 0 Å². The van der Waals surface area contributed by atoms with E-state index in [4.69, 9.17) is 0 Å². The Hall–Kier alpha value is -3.01. The molecule has 2 amide bonds. The summed E-state index contributed by atoms with van der Waals surface area (Å²) in [6.07, 6.45) is 1.35. The highest BCUT2D eigenvalue weighted by Gasteiger charge is 2.37. The zero-order chi connectivity index (χ0) is 22.6. The van der Waals surface area contributed by atoms with Gasteiger partial charge in [0.25, 0.3) is 0 Å². The van der Waals surface area contributed by atoms with Gasteiger partial charge in [-0.2, -0.15) is 0 Å². The van der Waals surface area contributed by atoms with Crippen LogP contribution in [0.1, 0.15) is 44.1 Å². The molecule has 1 aliphatic rings. The summed E-state index contributed by atoms with van der Waals surface area (Å²) < 4.78 is 0. The van der Waals surface area contributed by atoms with Crippen LogP contribution in [0.5, 0.6) is 0 Å². The summed E-state index contributed by atoms with van der Waals surface area (Å²) in [5, 5.41) is 26.4. The van der Waals surface area contributed by atoms with E-state index >= 15 is 0 Å². The summed E-state index contributed by atoms with van der Waals surface area (Å²) in [5.41, 5.74) is 2.43. The number of benzene rings is 1. The van der Waals surface area contributed by atoms with E-state index in [1.807, 2.05) is 12.1 Å². The molecule has 168 valence electrons. The number of fused-ring (bicyclic) bond motifs is 1. The number of tetrazole rings is 1. The van der Waals surface area contributed by atoms with Gasteiger partial charge in [0.1, 0.15) is 11.9 Å². The molecule has 10 heteroatoms. The van der Waals surface area contributed by atoms with Crippen molar-refractivity contribution in [3.63, 3.8) is 0 Å². The van der Waals surface area contributed by atoms with E-state index in [1.165, 1.54) is 16.0 Å². The number of carboxylic acid groups (broad SMARTS) is 1. The number of anilines is 1. The summed E-state index contributed by atoms with van der Waals surface area (Å²) >= 11 is 0. The monoisotopic (exact) mass is 429 g/mol. The first-order chi connectivity index (χ1) is 14.6. The van der Waals surface area contributed by atoms with Gasteiger partial charge in [0.2, 0.25) is 5.91 Å². The molecule has 1 aromatic heterocycles. The maximum absolute atomic E-state index is 13.3. The van der Waals surface area contributed by atoms with Crippen molar-refractivity contribution in [1.29, 1.82) is 0 Å². The van der Waals surface area contributed by atoms with Gasteiger partial charge in [-0.3, -0.25) is 9.69 Å². The normalized spacial score (nSPS) is 15.6. The number of nitrogens with zero attached hydrogens (tertiary/aromatic N) is 5. The Balaban J connectivity index is 1.81. The van der Waals surface area contributed by atoms with Crippen molar-refractivity contribution in [2.75, 3.05) is 25.5 Å². The first-order valence-electron chi connectivity index (χ1n) is 10.5. The minimum atomic E-state index is -1.15. The third kappa shape index (κ3) is 5.78. The molecule has 0 saturated heterocycles. The standard InChI is InChI=1S/C21H31N7O3/c1-21(2,3)28(20(30)31)17(7-8-18-23-25-26-24-18)19(29)22-16-6-5-14-9-11-27(4)12-10-15(14)13-16/h5-6,13,17H,7-12H2,1-4H3,(H,22,29)(H,30,31)(H,23,24,25,26)/t17-/m1/s1. The van der Waals surface area contributed by atoms with Gasteiger partial charge in [0.05, 0.1) is 0 Å². The molecule has 0 spiro atoms. The number of carbonyl (C=O) groups is 2. The number of carbonyl (C=O) groups excluding carboxylic acids is 1. The first-order valence-corrected chi connectivity index (χ1v) is 10.5. The van der Waals surface area contributed by atoms with Gasteiger partial charge in [0, 0.05) is 30.7 Å². The molecule has 1 atom stereocenters. The zero-order valence-corrected chi connectivity index (χ0v) is 18.6. The minimum absolute atomic E-state index is 0.252. The Labute approximate surface area is 182 Å². The molecule has 31 heavy (non-hydrogen) atoms.